The Kier molecular flexibility index (Phi) is 5.38. The third-order valence-electron chi connectivity index (χ3n) is 3.42. The lowest BCUT2D eigenvalue weighted by Gasteiger charge is -2.31. The fraction of sp³-hybridized carbons (Fsp3) is 0.533. The zero-order valence-corrected chi connectivity index (χ0v) is 12.2. The molecule has 0 radical (unpaired) electrons. The van der Waals surface area contributed by atoms with Gasteiger partial charge in [0.15, 0.2) is 0 Å². The molecule has 1 aliphatic heterocycles. The standard InChI is InChI=1S/C15H23N3O2/c1-18-8-4-7-14(10-18)16-12-5-3-6-13(9-12)17-15(19)11-20-2/h3,5-6,9,14,16H,4,7-8,10-11H2,1-2H3,(H,17,19). The van der Waals surface area contributed by atoms with Gasteiger partial charge in [-0.15, -0.1) is 0 Å². The largest absolute Gasteiger partial charge is 0.381 e. The molecule has 0 bridgehead atoms. The highest BCUT2D eigenvalue weighted by Gasteiger charge is 2.16. The van der Waals surface area contributed by atoms with Crippen molar-refractivity contribution in [1.29, 1.82) is 0 Å². The molecule has 1 amide bonds. The highest BCUT2D eigenvalue weighted by Crippen LogP contribution is 2.19. The van der Waals surface area contributed by atoms with Crippen molar-refractivity contribution in [3.05, 3.63) is 24.3 Å². The molecule has 0 saturated carbocycles. The van der Waals surface area contributed by atoms with Crippen molar-refractivity contribution in [2.24, 2.45) is 0 Å². The van der Waals surface area contributed by atoms with Gasteiger partial charge in [0.25, 0.3) is 0 Å². The zero-order valence-electron chi connectivity index (χ0n) is 12.2. The molecule has 1 aromatic rings. The number of likely N-dealkylation sites (tertiary alicyclic amines) is 1. The number of benzene rings is 1. The lowest BCUT2D eigenvalue weighted by Crippen LogP contribution is -2.39. The molecule has 5 heteroatoms. The van der Waals surface area contributed by atoms with Crippen LogP contribution in [0.5, 0.6) is 0 Å². The SMILES string of the molecule is COCC(=O)Nc1cccc(NC2CCCN(C)C2)c1. The van der Waals surface area contributed by atoms with Gasteiger partial charge in [0, 0.05) is 31.1 Å². The van der Waals surface area contributed by atoms with E-state index >= 15 is 0 Å². The van der Waals surface area contributed by atoms with Crippen molar-refractivity contribution in [2.75, 3.05) is 44.5 Å². The lowest BCUT2D eigenvalue weighted by molar-refractivity contribution is -0.119. The minimum absolute atomic E-state index is 0.0745. The number of hydrogen-bond donors (Lipinski definition) is 2. The van der Waals surface area contributed by atoms with Gasteiger partial charge in [-0.3, -0.25) is 4.79 Å². The molecule has 20 heavy (non-hydrogen) atoms. The second kappa shape index (κ2) is 7.26. The minimum atomic E-state index is -0.137. The first-order valence-electron chi connectivity index (χ1n) is 7.01. The first-order chi connectivity index (χ1) is 9.67. The summed E-state index contributed by atoms with van der Waals surface area (Å²) in [4.78, 5) is 13.8. The van der Waals surface area contributed by atoms with Gasteiger partial charge in [-0.1, -0.05) is 6.07 Å². The monoisotopic (exact) mass is 277 g/mol. The van der Waals surface area contributed by atoms with E-state index in [2.05, 4.69) is 22.6 Å². The number of carbonyl (C=O) groups is 1. The van der Waals surface area contributed by atoms with E-state index in [4.69, 9.17) is 4.74 Å². The predicted molar refractivity (Wildman–Crippen MR) is 81.1 cm³/mol. The molecular formula is C15H23N3O2. The maximum absolute atomic E-state index is 11.5. The third kappa shape index (κ3) is 4.51. The summed E-state index contributed by atoms with van der Waals surface area (Å²) in [6.07, 6.45) is 2.41. The fourth-order valence-corrected chi connectivity index (χ4v) is 2.53. The van der Waals surface area contributed by atoms with Crippen LogP contribution >= 0.6 is 0 Å². The van der Waals surface area contributed by atoms with Gasteiger partial charge >= 0.3 is 0 Å². The number of amides is 1. The van der Waals surface area contributed by atoms with Crippen LogP contribution in [-0.4, -0.2) is 50.7 Å². The van der Waals surface area contributed by atoms with Crippen LogP contribution < -0.4 is 10.6 Å². The van der Waals surface area contributed by atoms with E-state index in [9.17, 15) is 4.79 Å². The number of anilines is 2. The Morgan fingerprint density at radius 3 is 3.00 bits per heavy atom. The van der Waals surface area contributed by atoms with Crippen LogP contribution in [0.1, 0.15) is 12.8 Å². The summed E-state index contributed by atoms with van der Waals surface area (Å²) in [6, 6.07) is 8.28. The predicted octanol–water partition coefficient (Wildman–Crippen LogP) is 1.78. The Bertz CT molecular complexity index is 450. The lowest BCUT2D eigenvalue weighted by atomic mass is 10.1. The van der Waals surface area contributed by atoms with Crippen LogP contribution in [-0.2, 0) is 9.53 Å². The van der Waals surface area contributed by atoms with E-state index in [1.54, 1.807) is 0 Å². The van der Waals surface area contributed by atoms with Gasteiger partial charge in [-0.2, -0.15) is 0 Å². The van der Waals surface area contributed by atoms with Crippen LogP contribution in [0, 0.1) is 0 Å². The highest BCUT2D eigenvalue weighted by atomic mass is 16.5. The van der Waals surface area contributed by atoms with Crippen LogP contribution in [0.15, 0.2) is 24.3 Å². The molecule has 0 aliphatic carbocycles. The number of methoxy groups -OCH3 is 1. The average molecular weight is 277 g/mol. The summed E-state index contributed by atoms with van der Waals surface area (Å²) in [5.41, 5.74) is 1.83. The average Bonchev–Trinajstić information content (AvgIpc) is 2.39. The number of carbonyl (C=O) groups excluding carboxylic acids is 1. The van der Waals surface area contributed by atoms with Gasteiger partial charge in [0.05, 0.1) is 0 Å². The van der Waals surface area contributed by atoms with Gasteiger partial charge in [-0.25, -0.2) is 0 Å². The first-order valence-corrected chi connectivity index (χ1v) is 7.01. The van der Waals surface area contributed by atoms with Gasteiger partial charge in [0.2, 0.25) is 5.91 Å². The van der Waals surface area contributed by atoms with E-state index in [1.807, 2.05) is 24.3 Å². The Balaban J connectivity index is 1.93. The molecule has 110 valence electrons. The summed E-state index contributed by atoms with van der Waals surface area (Å²) < 4.78 is 4.81. The van der Waals surface area contributed by atoms with Crippen molar-refractivity contribution < 1.29 is 9.53 Å². The smallest absolute Gasteiger partial charge is 0.250 e. The fourth-order valence-electron chi connectivity index (χ4n) is 2.53. The van der Waals surface area contributed by atoms with Crippen LogP contribution in [0.4, 0.5) is 11.4 Å². The van der Waals surface area contributed by atoms with Crippen molar-refractivity contribution in [2.45, 2.75) is 18.9 Å². The summed E-state index contributed by atoms with van der Waals surface area (Å²) in [6.45, 7) is 2.30. The Morgan fingerprint density at radius 2 is 2.25 bits per heavy atom. The number of piperidine rings is 1. The number of likely N-dealkylation sites (N-methyl/N-ethyl adjacent to an activating group) is 1. The van der Waals surface area contributed by atoms with Gasteiger partial charge in [-0.05, 0) is 44.6 Å². The van der Waals surface area contributed by atoms with E-state index in [0.29, 0.717) is 6.04 Å². The highest BCUT2D eigenvalue weighted by molar-refractivity contribution is 5.92. The molecule has 1 saturated heterocycles. The summed E-state index contributed by atoms with van der Waals surface area (Å²) >= 11 is 0. The number of nitrogens with one attached hydrogen (secondary N) is 2. The summed E-state index contributed by atoms with van der Waals surface area (Å²) in [7, 11) is 3.66. The van der Waals surface area contributed by atoms with Crippen LogP contribution in [0.25, 0.3) is 0 Å². The van der Waals surface area contributed by atoms with E-state index in [1.165, 1.54) is 26.5 Å². The van der Waals surface area contributed by atoms with Crippen molar-refractivity contribution in [3.8, 4) is 0 Å². The molecule has 0 spiro atoms. The molecule has 1 fully saturated rings. The minimum Gasteiger partial charge on any atom is -0.381 e. The van der Waals surface area contributed by atoms with Gasteiger partial charge in [0.1, 0.15) is 6.61 Å². The summed E-state index contributed by atoms with van der Waals surface area (Å²) in [5.74, 6) is -0.137. The quantitative estimate of drug-likeness (QED) is 0.861. The Hall–Kier alpha value is -1.59. The van der Waals surface area contributed by atoms with Gasteiger partial charge < -0.3 is 20.3 Å². The molecular weight excluding hydrogens is 254 g/mol. The maximum Gasteiger partial charge on any atom is 0.250 e. The number of nitrogens with zero attached hydrogens (tertiary/aromatic N) is 1. The Morgan fingerprint density at radius 1 is 1.45 bits per heavy atom. The molecule has 1 heterocycles. The van der Waals surface area contributed by atoms with Crippen LogP contribution in [0.2, 0.25) is 0 Å². The Labute approximate surface area is 120 Å². The first kappa shape index (κ1) is 14.8. The molecule has 2 N–H and O–H groups in total. The maximum atomic E-state index is 11.5. The second-order valence-corrected chi connectivity index (χ2v) is 5.31. The second-order valence-electron chi connectivity index (χ2n) is 5.31. The topological polar surface area (TPSA) is 53.6 Å². The summed E-state index contributed by atoms with van der Waals surface area (Å²) in [5, 5.41) is 6.35. The van der Waals surface area contributed by atoms with Crippen LogP contribution in [0.3, 0.4) is 0 Å². The van der Waals surface area contributed by atoms with E-state index in [-0.39, 0.29) is 12.5 Å². The molecule has 1 aliphatic rings. The van der Waals surface area contributed by atoms with E-state index in [0.717, 1.165) is 17.9 Å². The molecule has 0 aromatic heterocycles. The van der Waals surface area contributed by atoms with Crippen molar-refractivity contribution in [1.82, 2.24) is 4.90 Å². The molecule has 5 nitrogen and oxygen atoms in total. The van der Waals surface area contributed by atoms with Crippen molar-refractivity contribution >= 4 is 17.3 Å². The van der Waals surface area contributed by atoms with E-state index < -0.39 is 0 Å². The number of rotatable bonds is 5. The van der Waals surface area contributed by atoms with Crippen molar-refractivity contribution in [3.63, 3.8) is 0 Å². The molecule has 1 atom stereocenters. The molecule has 1 aromatic carbocycles. The third-order valence-corrected chi connectivity index (χ3v) is 3.42. The number of ether oxygens (including phenoxy) is 1. The number of hydrogen-bond acceptors (Lipinski definition) is 4. The normalized spacial score (nSPS) is 19.6. The molecule has 1 unspecified atom stereocenters. The molecule has 2 rings (SSSR count). The zero-order chi connectivity index (χ0) is 14.4.